The van der Waals surface area contributed by atoms with E-state index in [1.807, 2.05) is 12.1 Å². The van der Waals surface area contributed by atoms with Crippen LogP contribution in [-0.4, -0.2) is 56.7 Å². The van der Waals surface area contributed by atoms with Crippen LogP contribution in [-0.2, 0) is 0 Å². The summed E-state index contributed by atoms with van der Waals surface area (Å²) in [5.41, 5.74) is 1.15. The third kappa shape index (κ3) is 2.22. The van der Waals surface area contributed by atoms with E-state index in [4.69, 9.17) is 0 Å². The molecule has 0 aliphatic carbocycles. The monoisotopic (exact) mass is 245 g/mol. The van der Waals surface area contributed by atoms with E-state index < -0.39 is 0 Å². The van der Waals surface area contributed by atoms with Gasteiger partial charge in [-0.1, -0.05) is 5.21 Å². The van der Waals surface area contributed by atoms with Gasteiger partial charge in [-0.2, -0.15) is 5.21 Å². The van der Waals surface area contributed by atoms with Gasteiger partial charge in [0.25, 0.3) is 0 Å². The van der Waals surface area contributed by atoms with Crippen molar-refractivity contribution in [1.29, 1.82) is 0 Å². The van der Waals surface area contributed by atoms with Gasteiger partial charge in [-0.15, -0.1) is 10.2 Å². The Kier molecular flexibility index (Phi) is 3.24. The lowest BCUT2D eigenvalue weighted by Crippen LogP contribution is -2.45. The predicted octanol–water partition coefficient (Wildman–Crippen LogP) is -0.411. The minimum atomic E-state index is 0.0499. The summed E-state index contributed by atoms with van der Waals surface area (Å²) >= 11 is 0. The van der Waals surface area contributed by atoms with Crippen LogP contribution in [0.25, 0.3) is 0 Å². The van der Waals surface area contributed by atoms with Crippen LogP contribution in [0.1, 0.15) is 17.4 Å². The third-order valence-electron chi connectivity index (χ3n) is 3.14. The first-order chi connectivity index (χ1) is 8.95. The summed E-state index contributed by atoms with van der Waals surface area (Å²) in [6, 6.07) is 4.06. The van der Waals surface area contributed by atoms with Gasteiger partial charge in [-0.3, -0.25) is 9.88 Å². The molecule has 1 fully saturated rings. The SMILES string of the molecule is c1cc(C(c2nn[nH]n2)N2CCNCC2)ccn1. The number of aromatic amines is 1. The lowest BCUT2D eigenvalue weighted by Gasteiger charge is -2.33. The van der Waals surface area contributed by atoms with E-state index in [-0.39, 0.29) is 6.04 Å². The Hall–Kier alpha value is -1.86. The molecule has 1 aliphatic rings. The lowest BCUT2D eigenvalue weighted by atomic mass is 10.1. The zero-order chi connectivity index (χ0) is 12.2. The first-order valence-electron chi connectivity index (χ1n) is 6.03. The van der Waals surface area contributed by atoms with Crippen molar-refractivity contribution < 1.29 is 0 Å². The number of piperazine rings is 1. The van der Waals surface area contributed by atoms with Gasteiger partial charge in [-0.25, -0.2) is 0 Å². The minimum absolute atomic E-state index is 0.0499. The van der Waals surface area contributed by atoms with E-state index in [2.05, 4.69) is 35.8 Å². The van der Waals surface area contributed by atoms with E-state index in [1.54, 1.807) is 12.4 Å². The second-order valence-electron chi connectivity index (χ2n) is 4.24. The number of hydrogen-bond acceptors (Lipinski definition) is 6. The average molecular weight is 245 g/mol. The number of hydrogen-bond donors (Lipinski definition) is 2. The van der Waals surface area contributed by atoms with Gasteiger partial charge < -0.3 is 5.32 Å². The highest BCUT2D eigenvalue weighted by molar-refractivity contribution is 5.21. The van der Waals surface area contributed by atoms with Gasteiger partial charge in [0.05, 0.1) is 6.04 Å². The first-order valence-corrected chi connectivity index (χ1v) is 6.03. The second kappa shape index (κ2) is 5.19. The van der Waals surface area contributed by atoms with Crippen molar-refractivity contribution in [3.05, 3.63) is 35.9 Å². The smallest absolute Gasteiger partial charge is 0.196 e. The van der Waals surface area contributed by atoms with Gasteiger partial charge in [-0.05, 0) is 17.7 Å². The summed E-state index contributed by atoms with van der Waals surface area (Å²) < 4.78 is 0. The van der Waals surface area contributed by atoms with Crippen molar-refractivity contribution in [1.82, 2.24) is 35.8 Å². The Balaban J connectivity index is 1.93. The maximum atomic E-state index is 4.14. The van der Waals surface area contributed by atoms with Crippen molar-refractivity contribution in [3.63, 3.8) is 0 Å². The minimum Gasteiger partial charge on any atom is -0.314 e. The molecule has 1 saturated heterocycles. The van der Waals surface area contributed by atoms with Crippen molar-refractivity contribution in [2.75, 3.05) is 26.2 Å². The maximum absolute atomic E-state index is 4.14. The fourth-order valence-corrected chi connectivity index (χ4v) is 2.29. The van der Waals surface area contributed by atoms with Crippen LogP contribution in [0.5, 0.6) is 0 Å². The largest absolute Gasteiger partial charge is 0.314 e. The van der Waals surface area contributed by atoms with Crippen LogP contribution in [0.4, 0.5) is 0 Å². The summed E-state index contributed by atoms with van der Waals surface area (Å²) in [4.78, 5) is 6.42. The highest BCUT2D eigenvalue weighted by Crippen LogP contribution is 2.25. The average Bonchev–Trinajstić information content (AvgIpc) is 2.95. The summed E-state index contributed by atoms with van der Waals surface area (Å²) in [6.45, 7) is 3.92. The molecule has 1 aliphatic heterocycles. The number of H-pyrrole nitrogens is 1. The molecule has 0 saturated carbocycles. The van der Waals surface area contributed by atoms with Gasteiger partial charge in [0, 0.05) is 38.6 Å². The summed E-state index contributed by atoms with van der Waals surface area (Å²) in [6.07, 6.45) is 3.59. The second-order valence-corrected chi connectivity index (χ2v) is 4.24. The molecule has 2 aromatic rings. The first kappa shape index (κ1) is 11.2. The van der Waals surface area contributed by atoms with Crippen LogP contribution in [0.15, 0.2) is 24.5 Å². The van der Waals surface area contributed by atoms with Crippen molar-refractivity contribution >= 4 is 0 Å². The van der Waals surface area contributed by atoms with E-state index in [1.165, 1.54) is 0 Å². The predicted molar refractivity (Wildman–Crippen MR) is 64.7 cm³/mol. The molecule has 3 rings (SSSR count). The van der Waals surface area contributed by atoms with Crippen LogP contribution in [0.3, 0.4) is 0 Å². The number of aromatic nitrogens is 5. The van der Waals surface area contributed by atoms with Gasteiger partial charge in [0.2, 0.25) is 0 Å². The Morgan fingerprint density at radius 1 is 1.17 bits per heavy atom. The zero-order valence-corrected chi connectivity index (χ0v) is 9.95. The van der Waals surface area contributed by atoms with Crippen molar-refractivity contribution in [3.8, 4) is 0 Å². The van der Waals surface area contributed by atoms with Gasteiger partial charge in [0.15, 0.2) is 5.82 Å². The molecule has 2 aromatic heterocycles. The Labute approximate surface area is 105 Å². The number of nitrogens with zero attached hydrogens (tertiary/aromatic N) is 5. The fourth-order valence-electron chi connectivity index (χ4n) is 2.29. The van der Waals surface area contributed by atoms with Gasteiger partial charge in [0.1, 0.15) is 0 Å². The van der Waals surface area contributed by atoms with Crippen LogP contribution in [0, 0.1) is 0 Å². The molecule has 2 N–H and O–H groups in total. The molecule has 18 heavy (non-hydrogen) atoms. The Bertz CT molecular complexity index is 463. The molecule has 3 heterocycles. The maximum Gasteiger partial charge on any atom is 0.196 e. The van der Waals surface area contributed by atoms with Crippen LogP contribution < -0.4 is 5.32 Å². The molecule has 0 spiro atoms. The Morgan fingerprint density at radius 2 is 1.94 bits per heavy atom. The summed E-state index contributed by atoms with van der Waals surface area (Å²) in [5, 5.41) is 17.8. The fraction of sp³-hybridized carbons (Fsp3) is 0.455. The molecule has 0 radical (unpaired) electrons. The summed E-state index contributed by atoms with van der Waals surface area (Å²) in [7, 11) is 0. The van der Waals surface area contributed by atoms with Crippen LogP contribution >= 0.6 is 0 Å². The quantitative estimate of drug-likeness (QED) is 0.765. The number of tetrazole rings is 1. The van der Waals surface area contributed by atoms with Crippen LogP contribution in [0.2, 0.25) is 0 Å². The molecule has 0 bridgehead atoms. The van der Waals surface area contributed by atoms with Crippen molar-refractivity contribution in [2.45, 2.75) is 6.04 Å². The number of nitrogens with one attached hydrogen (secondary N) is 2. The third-order valence-corrected chi connectivity index (χ3v) is 3.14. The van der Waals surface area contributed by atoms with E-state index in [0.717, 1.165) is 31.7 Å². The lowest BCUT2D eigenvalue weighted by molar-refractivity contribution is 0.192. The number of pyridine rings is 1. The normalized spacial score (nSPS) is 18.7. The molecule has 0 aromatic carbocycles. The summed E-state index contributed by atoms with van der Waals surface area (Å²) in [5.74, 6) is 0.711. The Morgan fingerprint density at radius 3 is 2.61 bits per heavy atom. The molecule has 7 nitrogen and oxygen atoms in total. The number of rotatable bonds is 3. The van der Waals surface area contributed by atoms with E-state index >= 15 is 0 Å². The highest BCUT2D eigenvalue weighted by atomic mass is 15.5. The molecule has 94 valence electrons. The van der Waals surface area contributed by atoms with Crippen molar-refractivity contribution in [2.24, 2.45) is 0 Å². The van der Waals surface area contributed by atoms with E-state index in [0.29, 0.717) is 5.82 Å². The highest BCUT2D eigenvalue weighted by Gasteiger charge is 2.26. The molecular formula is C11H15N7. The molecule has 7 heteroatoms. The topological polar surface area (TPSA) is 82.6 Å². The molecule has 1 unspecified atom stereocenters. The molecule has 1 atom stereocenters. The standard InChI is InChI=1S/C11H15N7/c1-3-12-4-2-9(1)10(11-14-16-17-15-11)18-7-5-13-6-8-18/h1-4,10,13H,5-8H2,(H,14,15,16,17). The van der Waals surface area contributed by atoms with E-state index in [9.17, 15) is 0 Å². The molecular weight excluding hydrogens is 230 g/mol. The van der Waals surface area contributed by atoms with Gasteiger partial charge >= 0.3 is 0 Å². The molecule has 0 amide bonds. The zero-order valence-electron chi connectivity index (χ0n) is 9.95.